The van der Waals surface area contributed by atoms with Crippen molar-refractivity contribution in [3.05, 3.63) is 0 Å². The number of rotatable bonds is 4. The second-order valence-electron chi connectivity index (χ2n) is 4.36. The van der Waals surface area contributed by atoms with E-state index in [1.807, 2.05) is 0 Å². The Morgan fingerprint density at radius 2 is 2.07 bits per heavy atom. The van der Waals surface area contributed by atoms with Crippen LogP contribution < -0.4 is 5.32 Å². The molecule has 14 heavy (non-hydrogen) atoms. The van der Waals surface area contributed by atoms with Crippen molar-refractivity contribution in [3.8, 4) is 0 Å². The van der Waals surface area contributed by atoms with Crippen molar-refractivity contribution in [3.63, 3.8) is 0 Å². The quantitative estimate of drug-likeness (QED) is 0.720. The molecule has 0 aromatic carbocycles. The zero-order chi connectivity index (χ0) is 10.4. The van der Waals surface area contributed by atoms with Gasteiger partial charge in [-0.25, -0.2) is 0 Å². The number of aliphatic hydroxyl groups is 1. The van der Waals surface area contributed by atoms with E-state index in [9.17, 15) is 4.79 Å². The third-order valence-corrected chi connectivity index (χ3v) is 2.79. The van der Waals surface area contributed by atoms with Crippen LogP contribution in [-0.4, -0.2) is 23.7 Å². The topological polar surface area (TPSA) is 49.3 Å². The van der Waals surface area contributed by atoms with Crippen molar-refractivity contribution in [1.29, 1.82) is 0 Å². The summed E-state index contributed by atoms with van der Waals surface area (Å²) in [7, 11) is 0. The highest BCUT2D eigenvalue weighted by Gasteiger charge is 2.16. The molecule has 82 valence electrons. The van der Waals surface area contributed by atoms with E-state index in [0.29, 0.717) is 18.9 Å². The predicted octanol–water partition coefficient (Wildman–Crippen LogP) is 1.45. The molecular formula is C11H21NO2. The molecule has 0 heterocycles. The molecule has 0 bridgehead atoms. The normalized spacial score (nSPS) is 20.4. The second kappa shape index (κ2) is 6.02. The first kappa shape index (κ1) is 11.5. The van der Waals surface area contributed by atoms with Gasteiger partial charge >= 0.3 is 0 Å². The Hall–Kier alpha value is -0.570. The Morgan fingerprint density at radius 1 is 1.43 bits per heavy atom. The van der Waals surface area contributed by atoms with E-state index < -0.39 is 6.10 Å². The fourth-order valence-corrected chi connectivity index (χ4v) is 1.99. The summed E-state index contributed by atoms with van der Waals surface area (Å²) >= 11 is 0. The van der Waals surface area contributed by atoms with Gasteiger partial charge in [-0.1, -0.05) is 19.3 Å². The van der Waals surface area contributed by atoms with E-state index in [1.165, 1.54) is 32.1 Å². The molecule has 0 aliphatic heterocycles. The molecule has 1 rings (SSSR count). The summed E-state index contributed by atoms with van der Waals surface area (Å²) in [4.78, 5) is 11.4. The van der Waals surface area contributed by atoms with Gasteiger partial charge in [-0.15, -0.1) is 0 Å². The van der Waals surface area contributed by atoms with Gasteiger partial charge in [0.15, 0.2) is 0 Å². The number of carbonyl (C=O) groups excluding carboxylic acids is 1. The molecule has 3 nitrogen and oxygen atoms in total. The lowest BCUT2D eigenvalue weighted by atomic mass is 9.87. The Bertz CT molecular complexity index is 174. The highest BCUT2D eigenvalue weighted by atomic mass is 16.3. The van der Waals surface area contributed by atoms with Crippen molar-refractivity contribution in [2.24, 2.45) is 5.92 Å². The first-order valence-electron chi connectivity index (χ1n) is 5.63. The highest BCUT2D eigenvalue weighted by molar-refractivity contribution is 5.76. The monoisotopic (exact) mass is 199 g/mol. The van der Waals surface area contributed by atoms with Crippen molar-refractivity contribution < 1.29 is 9.90 Å². The Morgan fingerprint density at radius 3 is 2.64 bits per heavy atom. The summed E-state index contributed by atoms with van der Waals surface area (Å²) in [6, 6.07) is 0. The molecule has 1 saturated carbocycles. The Labute approximate surface area is 85.9 Å². The summed E-state index contributed by atoms with van der Waals surface area (Å²) in [6.45, 7) is 2.06. The van der Waals surface area contributed by atoms with Crippen LogP contribution in [-0.2, 0) is 4.79 Å². The molecule has 0 unspecified atom stereocenters. The minimum Gasteiger partial charge on any atom is -0.392 e. The molecule has 2 N–H and O–H groups in total. The van der Waals surface area contributed by atoms with E-state index in [1.54, 1.807) is 6.92 Å². The second-order valence-corrected chi connectivity index (χ2v) is 4.36. The minimum atomic E-state index is -0.440. The van der Waals surface area contributed by atoms with E-state index in [0.717, 1.165) is 0 Å². The fraction of sp³-hybridized carbons (Fsp3) is 0.909. The average Bonchev–Trinajstić information content (AvgIpc) is 2.16. The number of amides is 1. The van der Waals surface area contributed by atoms with Gasteiger partial charge in [-0.05, 0) is 25.7 Å². The molecule has 1 aliphatic carbocycles. The molecule has 0 radical (unpaired) electrons. The predicted molar refractivity (Wildman–Crippen MR) is 55.9 cm³/mol. The van der Waals surface area contributed by atoms with Gasteiger partial charge in [0.05, 0.1) is 6.10 Å². The van der Waals surface area contributed by atoms with Crippen LogP contribution in [0.2, 0.25) is 0 Å². The number of hydrogen-bond donors (Lipinski definition) is 2. The third-order valence-electron chi connectivity index (χ3n) is 2.79. The largest absolute Gasteiger partial charge is 0.392 e. The van der Waals surface area contributed by atoms with Gasteiger partial charge in [0.2, 0.25) is 5.91 Å². The molecule has 1 atom stereocenters. The Kier molecular flexibility index (Phi) is 4.94. The minimum absolute atomic E-state index is 0.0952. The third kappa shape index (κ3) is 4.61. The molecule has 3 heteroatoms. The maximum atomic E-state index is 11.4. The van der Waals surface area contributed by atoms with Gasteiger partial charge in [0, 0.05) is 13.0 Å². The van der Waals surface area contributed by atoms with Crippen LogP contribution in [0.5, 0.6) is 0 Å². The molecule has 1 aliphatic rings. The van der Waals surface area contributed by atoms with Gasteiger partial charge in [-0.2, -0.15) is 0 Å². The lowest BCUT2D eigenvalue weighted by molar-refractivity contribution is -0.122. The summed E-state index contributed by atoms with van der Waals surface area (Å²) in [5.41, 5.74) is 0. The van der Waals surface area contributed by atoms with Crippen molar-refractivity contribution >= 4 is 5.91 Å². The van der Waals surface area contributed by atoms with Gasteiger partial charge in [0.25, 0.3) is 0 Å². The van der Waals surface area contributed by atoms with Gasteiger partial charge in [-0.3, -0.25) is 4.79 Å². The highest BCUT2D eigenvalue weighted by Crippen LogP contribution is 2.25. The maximum absolute atomic E-state index is 11.4. The average molecular weight is 199 g/mol. The smallest absolute Gasteiger partial charge is 0.220 e. The summed E-state index contributed by atoms with van der Waals surface area (Å²) < 4.78 is 0. The van der Waals surface area contributed by atoms with Crippen LogP contribution in [0, 0.1) is 5.92 Å². The van der Waals surface area contributed by atoms with Crippen molar-refractivity contribution in [2.75, 3.05) is 6.54 Å². The van der Waals surface area contributed by atoms with Crippen LogP contribution in [0.4, 0.5) is 0 Å². The summed E-state index contributed by atoms with van der Waals surface area (Å²) in [5.74, 6) is 0.676. The SMILES string of the molecule is C[C@H](O)CNC(=O)CC1CCCCC1. The molecular weight excluding hydrogens is 178 g/mol. The number of aliphatic hydroxyl groups excluding tert-OH is 1. The molecule has 0 aromatic heterocycles. The zero-order valence-corrected chi connectivity index (χ0v) is 8.96. The van der Waals surface area contributed by atoms with Crippen molar-refractivity contribution in [2.45, 2.75) is 51.6 Å². The van der Waals surface area contributed by atoms with E-state index in [4.69, 9.17) is 5.11 Å². The number of nitrogens with one attached hydrogen (secondary N) is 1. The van der Waals surface area contributed by atoms with E-state index in [-0.39, 0.29) is 5.91 Å². The number of carbonyl (C=O) groups is 1. The van der Waals surface area contributed by atoms with E-state index >= 15 is 0 Å². The molecule has 0 saturated heterocycles. The lowest BCUT2D eigenvalue weighted by Gasteiger charge is -2.20. The lowest BCUT2D eigenvalue weighted by Crippen LogP contribution is -2.32. The maximum Gasteiger partial charge on any atom is 0.220 e. The fourth-order valence-electron chi connectivity index (χ4n) is 1.99. The summed E-state index contributed by atoms with van der Waals surface area (Å²) in [5, 5.41) is 11.7. The van der Waals surface area contributed by atoms with Crippen LogP contribution in [0.3, 0.4) is 0 Å². The first-order valence-corrected chi connectivity index (χ1v) is 5.63. The van der Waals surface area contributed by atoms with E-state index in [2.05, 4.69) is 5.32 Å². The molecule has 0 spiro atoms. The molecule has 0 aromatic rings. The van der Waals surface area contributed by atoms with Crippen LogP contribution in [0.25, 0.3) is 0 Å². The molecule has 1 amide bonds. The van der Waals surface area contributed by atoms with Crippen LogP contribution in [0.1, 0.15) is 45.4 Å². The number of hydrogen-bond acceptors (Lipinski definition) is 2. The summed E-state index contributed by atoms with van der Waals surface area (Å²) in [6.07, 6.45) is 6.47. The van der Waals surface area contributed by atoms with Crippen molar-refractivity contribution in [1.82, 2.24) is 5.32 Å². The zero-order valence-electron chi connectivity index (χ0n) is 8.96. The van der Waals surface area contributed by atoms with Crippen LogP contribution in [0.15, 0.2) is 0 Å². The first-order chi connectivity index (χ1) is 6.68. The Balaban J connectivity index is 2.12. The van der Waals surface area contributed by atoms with Gasteiger partial charge < -0.3 is 10.4 Å². The molecule has 1 fully saturated rings. The van der Waals surface area contributed by atoms with Gasteiger partial charge in [0.1, 0.15) is 0 Å². The van der Waals surface area contributed by atoms with Crippen LogP contribution >= 0.6 is 0 Å². The standard InChI is InChI=1S/C11H21NO2/c1-9(13)8-12-11(14)7-10-5-3-2-4-6-10/h9-10,13H,2-8H2,1H3,(H,12,14)/t9-/m0/s1.